The third-order valence-electron chi connectivity index (χ3n) is 20.2. The van der Waals surface area contributed by atoms with Crippen molar-refractivity contribution in [3.8, 4) is 57.0 Å². The summed E-state index contributed by atoms with van der Waals surface area (Å²) in [6.07, 6.45) is 0. The zero-order valence-electron chi connectivity index (χ0n) is 59.1. The molecule has 10 aromatic carbocycles. The largest absolute Gasteiger partial charge is 0.453 e. The molecule has 478 valence electrons. The van der Waals surface area contributed by atoms with Gasteiger partial charge < -0.3 is 18.1 Å². The van der Waals surface area contributed by atoms with Crippen LogP contribution in [0.3, 0.4) is 0 Å². The number of nitrogens with zero attached hydrogens (tertiary/aromatic N) is 6. The van der Waals surface area contributed by atoms with Crippen LogP contribution in [0.5, 0.6) is 0 Å². The molecule has 5 heterocycles. The van der Waals surface area contributed by atoms with Crippen LogP contribution in [0.1, 0.15) is 164 Å². The van der Waals surface area contributed by atoms with E-state index in [0.717, 1.165) is 116 Å². The van der Waals surface area contributed by atoms with Gasteiger partial charge >= 0.3 is 0 Å². The Morgan fingerprint density at radius 2 is 0.625 bits per heavy atom. The fourth-order valence-corrected chi connectivity index (χ4v) is 14.6. The molecule has 0 unspecified atom stereocenters. The van der Waals surface area contributed by atoms with E-state index in [1.165, 1.54) is 33.4 Å². The van der Waals surface area contributed by atoms with Crippen molar-refractivity contribution in [3.63, 3.8) is 0 Å². The van der Waals surface area contributed by atoms with E-state index in [2.05, 4.69) is 326 Å². The summed E-state index contributed by atoms with van der Waals surface area (Å²) in [7, 11) is 0. The van der Waals surface area contributed by atoms with Gasteiger partial charge in [0, 0.05) is 48.8 Å². The predicted octanol–water partition coefficient (Wildman–Crippen LogP) is 24.3. The number of para-hydroxylation sites is 1. The molecule has 0 aliphatic carbocycles. The van der Waals surface area contributed by atoms with Crippen LogP contribution in [0.4, 0.5) is 0 Å². The molecule has 0 radical (unpaired) electrons. The first-order chi connectivity index (χ1) is 45.4. The van der Waals surface area contributed by atoms with Gasteiger partial charge in [0.15, 0.2) is 11.4 Å². The maximum absolute atomic E-state index is 13.2. The van der Waals surface area contributed by atoms with Gasteiger partial charge in [0.05, 0.1) is 66.8 Å². The molecule has 0 bridgehead atoms. The van der Waals surface area contributed by atoms with Crippen LogP contribution in [0.25, 0.3) is 138 Å². The molecule has 5 aromatic heterocycles. The average molecular weight is 1260 g/mol. The second-order valence-electron chi connectivity index (χ2n) is 33.1. The van der Waals surface area contributed by atoms with Gasteiger partial charge in [-0.2, -0.15) is 5.26 Å². The van der Waals surface area contributed by atoms with Crippen molar-refractivity contribution in [2.24, 2.45) is 0 Å². The highest BCUT2D eigenvalue weighted by molar-refractivity contribution is 6.22. The minimum absolute atomic E-state index is 0.153. The highest BCUT2D eigenvalue weighted by atomic mass is 16.3. The molecule has 0 fully saturated rings. The van der Waals surface area contributed by atoms with Gasteiger partial charge in [-0.15, -0.1) is 0 Å². The minimum Gasteiger partial charge on any atom is -0.453 e. The second kappa shape index (κ2) is 21.5. The van der Waals surface area contributed by atoms with Crippen molar-refractivity contribution < 1.29 is 4.42 Å². The van der Waals surface area contributed by atoms with E-state index >= 15 is 0 Å². The third kappa shape index (κ3) is 10.0. The maximum atomic E-state index is 13.2. The number of rotatable bonds is 6. The summed E-state index contributed by atoms with van der Waals surface area (Å²) < 4.78 is 15.3. The first kappa shape index (κ1) is 62.1. The third-order valence-corrected chi connectivity index (χ3v) is 20.2. The van der Waals surface area contributed by atoms with Crippen molar-refractivity contribution in [2.45, 2.75) is 157 Å². The van der Waals surface area contributed by atoms with Crippen molar-refractivity contribution >= 4 is 87.4 Å². The smallest absolute Gasteiger partial charge is 0.164 e. The van der Waals surface area contributed by atoms with Crippen LogP contribution in [0.15, 0.2) is 199 Å². The van der Waals surface area contributed by atoms with E-state index in [0.29, 0.717) is 28.2 Å². The van der Waals surface area contributed by atoms with Gasteiger partial charge in [0.2, 0.25) is 0 Å². The molecule has 15 rings (SSSR count). The van der Waals surface area contributed by atoms with E-state index < -0.39 is 0 Å². The Labute approximate surface area is 564 Å². The number of benzene rings is 10. The number of hydrogen-bond donors (Lipinski definition) is 0. The summed E-state index contributed by atoms with van der Waals surface area (Å²) in [4.78, 5) is 11.0. The predicted molar refractivity (Wildman–Crippen MR) is 406 cm³/mol. The van der Waals surface area contributed by atoms with Gasteiger partial charge in [-0.05, 0) is 151 Å². The van der Waals surface area contributed by atoms with Crippen LogP contribution in [-0.4, -0.2) is 23.7 Å². The molecule has 7 nitrogen and oxygen atoms in total. The fraction of sp³-hybridized carbons (Fsp3) is 0.270. The Bertz CT molecular complexity index is 5480. The SMILES string of the molecule is CC(C)(C)c1ccc2c(c1)c1cc(C(C)(C)C)ccc1n2-c1c(C#N)c(-n2c3ccc(C(C)(C)C)cc3c3cc(C(C)(C)C)ccc32)c2oc3c(-c4nc(-c5ccccc5)cc(-c5ccccc5)n4)cccc3c2c1-n1c2ccc(C(C)(C)C)cc2c2cc(C(C)(C)C)ccc21. The average Bonchev–Trinajstić information content (AvgIpc) is 1.51. The van der Waals surface area contributed by atoms with Crippen molar-refractivity contribution in [3.05, 3.63) is 233 Å². The summed E-state index contributed by atoms with van der Waals surface area (Å²) in [5.41, 5.74) is 20.6. The van der Waals surface area contributed by atoms with Crippen molar-refractivity contribution in [1.82, 2.24) is 23.7 Å². The van der Waals surface area contributed by atoms with Crippen LogP contribution in [0.2, 0.25) is 0 Å². The van der Waals surface area contributed by atoms with E-state index in [1.807, 2.05) is 12.1 Å². The summed E-state index contributed by atoms with van der Waals surface area (Å²) in [5, 5.41) is 21.6. The van der Waals surface area contributed by atoms with Crippen LogP contribution >= 0.6 is 0 Å². The molecule has 0 atom stereocenters. The topological polar surface area (TPSA) is 77.5 Å². The van der Waals surface area contributed by atoms with Gasteiger partial charge in [0.1, 0.15) is 22.9 Å². The molecular weight excluding hydrogens is 1170 g/mol. The van der Waals surface area contributed by atoms with E-state index in [4.69, 9.17) is 14.4 Å². The Balaban J connectivity index is 1.23. The van der Waals surface area contributed by atoms with Gasteiger partial charge in [-0.1, -0.05) is 234 Å². The lowest BCUT2D eigenvalue weighted by Crippen LogP contribution is -2.13. The molecule has 96 heavy (non-hydrogen) atoms. The zero-order chi connectivity index (χ0) is 67.7. The maximum Gasteiger partial charge on any atom is 0.164 e. The summed E-state index contributed by atoms with van der Waals surface area (Å²) in [6.45, 7) is 41.3. The van der Waals surface area contributed by atoms with Gasteiger partial charge in [0.25, 0.3) is 0 Å². The molecule has 0 N–H and O–H groups in total. The van der Waals surface area contributed by atoms with E-state index in [1.54, 1.807) is 0 Å². The molecule has 7 heteroatoms. The second-order valence-corrected chi connectivity index (χ2v) is 33.1. The summed E-state index contributed by atoms with van der Waals surface area (Å²) >= 11 is 0. The van der Waals surface area contributed by atoms with Gasteiger partial charge in [-0.3, -0.25) is 0 Å². The monoisotopic (exact) mass is 1250 g/mol. The number of fused-ring (bicyclic) bond motifs is 12. The number of aromatic nitrogens is 5. The lowest BCUT2D eigenvalue weighted by Gasteiger charge is -2.24. The Kier molecular flexibility index (Phi) is 13.9. The lowest BCUT2D eigenvalue weighted by atomic mass is 9.85. The van der Waals surface area contributed by atoms with Crippen LogP contribution < -0.4 is 0 Å². The molecule has 0 spiro atoms. The van der Waals surface area contributed by atoms with Crippen LogP contribution in [-0.2, 0) is 32.5 Å². The highest BCUT2D eigenvalue weighted by Gasteiger charge is 2.36. The van der Waals surface area contributed by atoms with E-state index in [9.17, 15) is 5.26 Å². The number of nitriles is 1. The highest BCUT2D eigenvalue weighted by Crippen LogP contribution is 2.52. The Morgan fingerprint density at radius 1 is 0.312 bits per heavy atom. The summed E-state index contributed by atoms with van der Waals surface area (Å²) in [6, 6.07) is 74.4. The fourth-order valence-electron chi connectivity index (χ4n) is 14.6. The van der Waals surface area contributed by atoms with Gasteiger partial charge in [-0.25, -0.2) is 9.97 Å². The Hall–Kier alpha value is -10.0. The minimum atomic E-state index is -0.157. The number of hydrogen-bond acceptors (Lipinski definition) is 4. The molecule has 0 aliphatic rings. The van der Waals surface area contributed by atoms with Crippen molar-refractivity contribution in [2.75, 3.05) is 0 Å². The lowest BCUT2D eigenvalue weighted by molar-refractivity contribution is 0.590. The van der Waals surface area contributed by atoms with Crippen LogP contribution in [0, 0.1) is 11.3 Å². The first-order valence-corrected chi connectivity index (χ1v) is 34.1. The summed E-state index contributed by atoms with van der Waals surface area (Å²) in [5.74, 6) is 0.526. The molecular formula is C89H86N6O. The molecule has 0 saturated heterocycles. The molecule has 15 aromatic rings. The quantitative estimate of drug-likeness (QED) is 0.166. The molecule has 0 aliphatic heterocycles. The first-order valence-electron chi connectivity index (χ1n) is 34.1. The number of furan rings is 1. The molecule has 0 saturated carbocycles. The van der Waals surface area contributed by atoms with E-state index in [-0.39, 0.29) is 32.5 Å². The molecule has 0 amide bonds. The Morgan fingerprint density at radius 3 is 0.938 bits per heavy atom. The zero-order valence-corrected chi connectivity index (χ0v) is 59.1. The standard InChI is InChI=1S/C89H86N6O/c1-84(2,3)54-32-38-71-62(44-54)63-45-55(85(4,5)6)33-39-72(63)93(71)78-68(51-90)79(94-73-40-34-56(86(7,8)9)46-64(73)65-47-57(87(10,11)12)35-41-74(65)94)82-77(80(78)95-75-42-36-58(88(13,14)15)48-66(75)67-49-59(89(16,17)18)37-43-76(67)95)60-30-25-31-61(81(60)96-82)83-91-69(52-26-21-19-22-27-52)50-70(92-83)53-28-23-20-24-29-53/h19-50H,1-18H3. The normalized spacial score (nSPS) is 13.1. The van der Waals surface area contributed by atoms with Crippen molar-refractivity contribution in [1.29, 1.82) is 5.26 Å².